The molecule has 0 aliphatic carbocycles. The molecule has 1 aliphatic rings. The van der Waals surface area contributed by atoms with Crippen LogP contribution in [0.3, 0.4) is 0 Å². The fourth-order valence-corrected chi connectivity index (χ4v) is 3.38. The lowest BCUT2D eigenvalue weighted by Crippen LogP contribution is -2.08. The van der Waals surface area contributed by atoms with Gasteiger partial charge in [0, 0.05) is 16.5 Å². The number of hydrogen-bond donors (Lipinski definition) is 0. The van der Waals surface area contributed by atoms with E-state index in [2.05, 4.69) is 36.9 Å². The molecule has 3 rings (SSSR count). The molecule has 0 N–H and O–H groups in total. The fraction of sp³-hybridized carbons (Fsp3) is 0.190. The second kappa shape index (κ2) is 9.37. The maximum Gasteiger partial charge on any atom is 0.363 e. The van der Waals surface area contributed by atoms with Gasteiger partial charge >= 0.3 is 11.9 Å². The number of hydrogen-bond acceptors (Lipinski definition) is 6. The van der Waals surface area contributed by atoms with E-state index >= 15 is 0 Å². The molecule has 0 atom stereocenters. The van der Waals surface area contributed by atoms with Crippen LogP contribution in [0.4, 0.5) is 0 Å². The highest BCUT2D eigenvalue weighted by Gasteiger charge is 2.24. The van der Waals surface area contributed by atoms with Gasteiger partial charge in [-0.25, -0.2) is 9.79 Å². The highest BCUT2D eigenvalue weighted by molar-refractivity contribution is 9.10. The summed E-state index contributed by atoms with van der Waals surface area (Å²) in [6, 6.07) is 10.7. The van der Waals surface area contributed by atoms with Gasteiger partial charge in [-0.15, -0.1) is 0 Å². The quantitative estimate of drug-likeness (QED) is 0.293. The second-order valence-electron chi connectivity index (χ2n) is 6.10. The Morgan fingerprint density at radius 3 is 2.59 bits per heavy atom. The number of ether oxygens (including phenoxy) is 3. The predicted molar refractivity (Wildman–Crippen MR) is 116 cm³/mol. The molecular weight excluding hydrogens is 506 g/mol. The first-order valence-electron chi connectivity index (χ1n) is 8.78. The molecule has 0 saturated heterocycles. The maximum atomic E-state index is 12.2. The maximum absolute atomic E-state index is 12.2. The van der Waals surface area contributed by atoms with E-state index in [9.17, 15) is 9.59 Å². The van der Waals surface area contributed by atoms with Crippen LogP contribution >= 0.6 is 31.9 Å². The largest absolute Gasteiger partial charge is 0.493 e. The molecule has 150 valence electrons. The average molecular weight is 523 g/mol. The third-order valence-electron chi connectivity index (χ3n) is 3.94. The van der Waals surface area contributed by atoms with E-state index in [1.54, 1.807) is 30.3 Å². The van der Waals surface area contributed by atoms with Crippen LogP contribution in [-0.2, 0) is 14.3 Å². The van der Waals surface area contributed by atoms with Crippen molar-refractivity contribution >= 4 is 55.8 Å². The molecule has 1 aliphatic heterocycles. The number of carbonyl (C=O) groups excluding carboxylic acids is 2. The van der Waals surface area contributed by atoms with Gasteiger partial charge in [0.2, 0.25) is 5.90 Å². The van der Waals surface area contributed by atoms with E-state index in [0.29, 0.717) is 39.9 Å². The number of cyclic esters (lactones) is 1. The SMILES string of the molecule is CCCC(=O)Oc1c(Br)cc(/C=C2\N=C(c3ccc(Br)cc3)OC2=O)cc1OC. The van der Waals surface area contributed by atoms with Gasteiger partial charge in [-0.3, -0.25) is 4.79 Å². The Bertz CT molecular complexity index is 1010. The lowest BCUT2D eigenvalue weighted by Gasteiger charge is -2.12. The van der Waals surface area contributed by atoms with Crippen LogP contribution in [0.2, 0.25) is 0 Å². The van der Waals surface area contributed by atoms with Crippen molar-refractivity contribution in [3.63, 3.8) is 0 Å². The molecule has 29 heavy (non-hydrogen) atoms. The minimum absolute atomic E-state index is 0.160. The lowest BCUT2D eigenvalue weighted by atomic mass is 10.1. The normalized spacial score (nSPS) is 14.6. The van der Waals surface area contributed by atoms with E-state index in [4.69, 9.17) is 14.2 Å². The highest BCUT2D eigenvalue weighted by Crippen LogP contribution is 2.38. The summed E-state index contributed by atoms with van der Waals surface area (Å²) in [6.45, 7) is 1.90. The van der Waals surface area contributed by atoms with Crippen molar-refractivity contribution < 1.29 is 23.8 Å². The third-order valence-corrected chi connectivity index (χ3v) is 5.05. The topological polar surface area (TPSA) is 74.2 Å². The Balaban J connectivity index is 1.91. The summed E-state index contributed by atoms with van der Waals surface area (Å²) in [4.78, 5) is 28.4. The van der Waals surface area contributed by atoms with E-state index in [-0.39, 0.29) is 17.6 Å². The van der Waals surface area contributed by atoms with Crippen molar-refractivity contribution in [2.45, 2.75) is 19.8 Å². The standard InChI is InChI=1S/C21H17Br2NO5/c1-3-4-18(25)28-19-15(23)9-12(11-17(19)27-2)10-16-21(26)29-20(24-16)13-5-7-14(22)8-6-13/h5-11H,3-4H2,1-2H3/b16-10-. The van der Waals surface area contributed by atoms with Gasteiger partial charge in [0.15, 0.2) is 17.2 Å². The average Bonchev–Trinajstić information content (AvgIpc) is 3.04. The van der Waals surface area contributed by atoms with Gasteiger partial charge < -0.3 is 14.2 Å². The van der Waals surface area contributed by atoms with Gasteiger partial charge in [-0.2, -0.15) is 0 Å². The highest BCUT2D eigenvalue weighted by atomic mass is 79.9. The van der Waals surface area contributed by atoms with E-state index < -0.39 is 5.97 Å². The number of nitrogens with zero attached hydrogens (tertiary/aromatic N) is 1. The lowest BCUT2D eigenvalue weighted by molar-refractivity contribution is -0.134. The number of esters is 2. The summed E-state index contributed by atoms with van der Waals surface area (Å²) in [5, 5.41) is 0. The summed E-state index contributed by atoms with van der Waals surface area (Å²) in [7, 11) is 1.48. The van der Waals surface area contributed by atoms with Gasteiger partial charge in [0.05, 0.1) is 11.6 Å². The van der Waals surface area contributed by atoms with Crippen molar-refractivity contribution in [2.75, 3.05) is 7.11 Å². The summed E-state index contributed by atoms with van der Waals surface area (Å²) in [5.41, 5.74) is 1.49. The first-order valence-corrected chi connectivity index (χ1v) is 10.4. The molecule has 8 heteroatoms. The molecule has 0 saturated carbocycles. The predicted octanol–water partition coefficient (Wildman–Crippen LogP) is 5.27. The van der Waals surface area contributed by atoms with Crippen LogP contribution in [0, 0.1) is 0 Å². The molecule has 0 fully saturated rings. The van der Waals surface area contributed by atoms with Crippen molar-refractivity contribution in [2.24, 2.45) is 4.99 Å². The molecule has 0 spiro atoms. The number of carbonyl (C=O) groups is 2. The Kier molecular flexibility index (Phi) is 6.87. The van der Waals surface area contributed by atoms with Crippen molar-refractivity contribution in [3.8, 4) is 11.5 Å². The Morgan fingerprint density at radius 1 is 1.21 bits per heavy atom. The second-order valence-corrected chi connectivity index (χ2v) is 7.87. The summed E-state index contributed by atoms with van der Waals surface area (Å²) >= 11 is 6.76. The first kappa shape index (κ1) is 21.3. The fourth-order valence-electron chi connectivity index (χ4n) is 2.57. The van der Waals surface area contributed by atoms with Gasteiger partial charge in [0.1, 0.15) is 0 Å². The number of halogens is 2. The van der Waals surface area contributed by atoms with E-state index in [0.717, 1.165) is 4.47 Å². The third kappa shape index (κ3) is 5.13. The number of aliphatic imine (C=N–C) groups is 1. The van der Waals surface area contributed by atoms with Crippen LogP contribution < -0.4 is 9.47 Å². The van der Waals surface area contributed by atoms with Crippen LogP contribution in [0.25, 0.3) is 6.08 Å². The van der Waals surface area contributed by atoms with Gasteiger partial charge in [0.25, 0.3) is 0 Å². The Hall–Kier alpha value is -2.45. The monoisotopic (exact) mass is 521 g/mol. The van der Waals surface area contributed by atoms with Crippen molar-refractivity contribution in [1.82, 2.24) is 0 Å². The first-order chi connectivity index (χ1) is 13.9. The summed E-state index contributed by atoms with van der Waals surface area (Å²) < 4.78 is 17.4. The molecular formula is C21H17Br2NO5. The van der Waals surface area contributed by atoms with Crippen LogP contribution in [-0.4, -0.2) is 24.9 Å². The van der Waals surface area contributed by atoms with Gasteiger partial charge in [-0.1, -0.05) is 22.9 Å². The molecule has 0 amide bonds. The van der Waals surface area contributed by atoms with Crippen LogP contribution in [0.15, 0.2) is 56.0 Å². The van der Waals surface area contributed by atoms with Crippen molar-refractivity contribution in [1.29, 1.82) is 0 Å². The molecule has 0 unspecified atom stereocenters. The van der Waals surface area contributed by atoms with E-state index in [1.807, 2.05) is 19.1 Å². The van der Waals surface area contributed by atoms with E-state index in [1.165, 1.54) is 7.11 Å². The number of methoxy groups -OCH3 is 1. The smallest absolute Gasteiger partial charge is 0.363 e. The van der Waals surface area contributed by atoms with Gasteiger partial charge in [-0.05, 0) is 70.4 Å². The molecule has 2 aromatic rings. The summed E-state index contributed by atoms with van der Waals surface area (Å²) in [5.74, 6) is 0.00220. The molecule has 0 aromatic heterocycles. The number of benzene rings is 2. The minimum atomic E-state index is -0.545. The van der Waals surface area contributed by atoms with Crippen molar-refractivity contribution in [3.05, 3.63) is 62.2 Å². The van der Waals surface area contributed by atoms with Crippen LogP contribution in [0.1, 0.15) is 30.9 Å². The van der Waals surface area contributed by atoms with Crippen LogP contribution in [0.5, 0.6) is 11.5 Å². The Morgan fingerprint density at radius 2 is 1.93 bits per heavy atom. The number of rotatable bonds is 6. The zero-order chi connectivity index (χ0) is 21.0. The zero-order valence-electron chi connectivity index (χ0n) is 15.7. The molecule has 0 bridgehead atoms. The molecule has 0 radical (unpaired) electrons. The Labute approximate surface area is 184 Å². The zero-order valence-corrected chi connectivity index (χ0v) is 18.9. The molecule has 1 heterocycles. The minimum Gasteiger partial charge on any atom is -0.493 e. The molecule has 6 nitrogen and oxygen atoms in total. The summed E-state index contributed by atoms with van der Waals surface area (Å²) in [6.07, 6.45) is 2.57. The molecule has 2 aromatic carbocycles.